The molecule has 160 valence electrons. The van der Waals surface area contributed by atoms with Gasteiger partial charge in [-0.25, -0.2) is 9.18 Å². The van der Waals surface area contributed by atoms with E-state index in [-0.39, 0.29) is 17.4 Å². The van der Waals surface area contributed by atoms with Gasteiger partial charge in [-0.15, -0.1) is 0 Å². The van der Waals surface area contributed by atoms with E-state index in [0.29, 0.717) is 18.7 Å². The van der Waals surface area contributed by atoms with Gasteiger partial charge < -0.3 is 15.8 Å². The summed E-state index contributed by atoms with van der Waals surface area (Å²) in [5, 5.41) is 10.7. The van der Waals surface area contributed by atoms with Crippen LogP contribution in [0, 0.1) is 11.7 Å². The second-order valence-electron chi connectivity index (χ2n) is 7.39. The van der Waals surface area contributed by atoms with Crippen LogP contribution in [-0.2, 0) is 6.42 Å². The summed E-state index contributed by atoms with van der Waals surface area (Å²) in [6.07, 6.45) is 4.97. The van der Waals surface area contributed by atoms with Crippen LogP contribution in [0.25, 0.3) is 5.69 Å². The number of ketones is 1. The summed E-state index contributed by atoms with van der Waals surface area (Å²) in [4.78, 5) is 24.2. The van der Waals surface area contributed by atoms with Gasteiger partial charge in [0.25, 0.3) is 0 Å². The number of Topliss-reactive ketones (excluding diaryl/α,β-unsaturated/α-hetero) is 1. The third-order valence-electron chi connectivity index (χ3n) is 4.91. The Morgan fingerprint density at radius 1 is 1.19 bits per heavy atom. The summed E-state index contributed by atoms with van der Waals surface area (Å²) < 4.78 is 19.8. The van der Waals surface area contributed by atoms with Gasteiger partial charge in [0.1, 0.15) is 11.6 Å². The minimum atomic E-state index is -0.837. The van der Waals surface area contributed by atoms with Gasteiger partial charge in [0.2, 0.25) is 0 Å². The number of urea groups is 1. The molecule has 4 rings (SSSR count). The lowest BCUT2D eigenvalue weighted by Gasteiger charge is -2.06. The van der Waals surface area contributed by atoms with Crippen LogP contribution in [0.5, 0.6) is 5.75 Å². The summed E-state index contributed by atoms with van der Waals surface area (Å²) in [6.45, 7) is 0.491. The molecule has 9 heteroatoms. The molecule has 0 spiro atoms. The van der Waals surface area contributed by atoms with E-state index in [1.54, 1.807) is 12.3 Å². The number of aryl methyl sites for hydroxylation is 1. The number of benzene rings is 2. The second kappa shape index (κ2) is 8.95. The van der Waals surface area contributed by atoms with Gasteiger partial charge in [0.15, 0.2) is 5.78 Å². The zero-order valence-corrected chi connectivity index (χ0v) is 16.8. The molecule has 1 fully saturated rings. The summed E-state index contributed by atoms with van der Waals surface area (Å²) in [7, 11) is 0. The molecule has 0 unspecified atom stereocenters. The number of nitrogens with two attached hydrogens (primary N) is 1. The number of rotatable bonds is 9. The highest BCUT2D eigenvalue weighted by molar-refractivity contribution is 5.99. The molecule has 0 aliphatic heterocycles. The Morgan fingerprint density at radius 3 is 2.65 bits per heavy atom. The number of carbonyl (C=O) groups excluding carboxylic acids is 2. The molecule has 3 aromatic rings. The highest BCUT2D eigenvalue weighted by Gasteiger charge is 2.30. The first-order valence-electron chi connectivity index (χ1n) is 10.0. The largest absolute Gasteiger partial charge is 0.494 e. The molecule has 3 N–H and O–H groups in total. The van der Waals surface area contributed by atoms with Crippen LogP contribution in [0.1, 0.15) is 35.3 Å². The lowest BCUT2D eigenvalue weighted by atomic mass is 10.1. The van der Waals surface area contributed by atoms with Crippen molar-refractivity contribution in [3.05, 3.63) is 65.7 Å². The molecule has 0 saturated heterocycles. The van der Waals surface area contributed by atoms with E-state index in [1.165, 1.54) is 16.9 Å². The summed E-state index contributed by atoms with van der Waals surface area (Å²) in [6, 6.07) is 10.6. The number of aromatic nitrogens is 3. The molecule has 1 aliphatic carbocycles. The van der Waals surface area contributed by atoms with Crippen molar-refractivity contribution in [2.24, 2.45) is 11.7 Å². The normalized spacial score (nSPS) is 13.1. The van der Waals surface area contributed by atoms with Gasteiger partial charge >= 0.3 is 6.03 Å². The van der Waals surface area contributed by atoms with E-state index in [4.69, 9.17) is 10.5 Å². The summed E-state index contributed by atoms with van der Waals surface area (Å²) in [5.74, 6) is 0.513. The van der Waals surface area contributed by atoms with Crippen LogP contribution in [0.2, 0.25) is 0 Å². The van der Waals surface area contributed by atoms with Crippen molar-refractivity contribution in [2.75, 3.05) is 11.9 Å². The highest BCUT2D eigenvalue weighted by Crippen LogP contribution is 2.32. The van der Waals surface area contributed by atoms with Gasteiger partial charge in [-0.05, 0) is 62.1 Å². The molecule has 0 bridgehead atoms. The molecule has 1 saturated carbocycles. The highest BCUT2D eigenvalue weighted by atomic mass is 19.1. The average molecular weight is 423 g/mol. The standard InChI is InChI=1S/C22H22FN5O3/c23-19-12-17(7-10-20(19)26-22(24)30)28-25-13-16(27-28)2-1-11-31-18-8-5-15(6-9-18)21(29)14-3-4-14/h5-10,12-14H,1-4,11H2,(H3,24,26,30). The molecular weight excluding hydrogens is 401 g/mol. The van der Waals surface area contributed by atoms with Crippen LogP contribution in [0.4, 0.5) is 14.9 Å². The van der Waals surface area contributed by atoms with Gasteiger partial charge in [-0.2, -0.15) is 15.0 Å². The molecule has 0 radical (unpaired) electrons. The zero-order chi connectivity index (χ0) is 21.8. The predicted octanol–water partition coefficient (Wildman–Crippen LogP) is 3.50. The van der Waals surface area contributed by atoms with Crippen molar-refractivity contribution in [3.8, 4) is 11.4 Å². The van der Waals surface area contributed by atoms with Crippen LogP contribution in [0.15, 0.2) is 48.7 Å². The number of nitrogens with zero attached hydrogens (tertiary/aromatic N) is 3. The van der Waals surface area contributed by atoms with Gasteiger partial charge in [0, 0.05) is 17.5 Å². The molecular formula is C22H22FN5O3. The fraction of sp³-hybridized carbons (Fsp3) is 0.273. The fourth-order valence-corrected chi connectivity index (χ4v) is 3.14. The summed E-state index contributed by atoms with van der Waals surface area (Å²) in [5.41, 5.74) is 6.90. The number of ether oxygens (including phenoxy) is 1. The van der Waals surface area contributed by atoms with Crippen molar-refractivity contribution in [1.29, 1.82) is 0 Å². The maximum absolute atomic E-state index is 14.0. The number of amides is 2. The SMILES string of the molecule is NC(=O)Nc1ccc(-n2ncc(CCCOc3ccc(C(=O)C4CC4)cc3)n2)cc1F. The number of carbonyl (C=O) groups is 2. The maximum atomic E-state index is 14.0. The predicted molar refractivity (Wildman–Crippen MR) is 112 cm³/mol. The number of primary amides is 1. The van der Waals surface area contributed by atoms with Crippen LogP contribution >= 0.6 is 0 Å². The molecule has 8 nitrogen and oxygen atoms in total. The molecule has 1 heterocycles. The molecule has 31 heavy (non-hydrogen) atoms. The Hall–Kier alpha value is -3.75. The van der Waals surface area contributed by atoms with Gasteiger partial charge in [0.05, 0.1) is 29.9 Å². The molecule has 0 atom stereocenters. The third kappa shape index (κ3) is 5.25. The van der Waals surface area contributed by atoms with E-state index in [2.05, 4.69) is 15.5 Å². The quantitative estimate of drug-likeness (QED) is 0.404. The van der Waals surface area contributed by atoms with Crippen molar-refractivity contribution in [2.45, 2.75) is 25.7 Å². The van der Waals surface area contributed by atoms with E-state index >= 15 is 0 Å². The first-order valence-corrected chi connectivity index (χ1v) is 10.0. The Bertz CT molecular complexity index is 1090. The molecule has 2 amide bonds. The van der Waals surface area contributed by atoms with Crippen LogP contribution in [0.3, 0.4) is 0 Å². The Kier molecular flexibility index (Phi) is 5.92. The van der Waals surface area contributed by atoms with Gasteiger partial charge in [-0.3, -0.25) is 4.79 Å². The van der Waals surface area contributed by atoms with E-state index in [9.17, 15) is 14.0 Å². The molecule has 1 aliphatic rings. The first-order chi connectivity index (χ1) is 15.0. The summed E-state index contributed by atoms with van der Waals surface area (Å²) >= 11 is 0. The van der Waals surface area contributed by atoms with E-state index in [0.717, 1.165) is 36.3 Å². The monoisotopic (exact) mass is 423 g/mol. The Morgan fingerprint density at radius 2 is 1.97 bits per heavy atom. The van der Waals surface area contributed by atoms with E-state index < -0.39 is 11.8 Å². The van der Waals surface area contributed by atoms with Crippen LogP contribution in [-0.4, -0.2) is 33.4 Å². The first kappa shape index (κ1) is 20.5. The smallest absolute Gasteiger partial charge is 0.316 e. The minimum absolute atomic E-state index is 0.00860. The number of nitrogens with one attached hydrogen (secondary N) is 1. The Balaban J connectivity index is 1.26. The van der Waals surface area contributed by atoms with Crippen molar-refractivity contribution in [1.82, 2.24) is 15.0 Å². The minimum Gasteiger partial charge on any atom is -0.494 e. The zero-order valence-electron chi connectivity index (χ0n) is 16.8. The number of halogens is 1. The number of anilines is 1. The lowest BCUT2D eigenvalue weighted by Crippen LogP contribution is -2.20. The van der Waals surface area contributed by atoms with Crippen LogP contribution < -0.4 is 15.8 Å². The topological polar surface area (TPSA) is 112 Å². The fourth-order valence-electron chi connectivity index (χ4n) is 3.14. The van der Waals surface area contributed by atoms with Gasteiger partial charge in [-0.1, -0.05) is 0 Å². The molecule has 2 aromatic carbocycles. The number of hydrogen-bond acceptors (Lipinski definition) is 5. The van der Waals surface area contributed by atoms with Crippen molar-refractivity contribution < 1.29 is 18.7 Å². The average Bonchev–Trinajstić information content (AvgIpc) is 3.50. The van der Waals surface area contributed by atoms with E-state index in [1.807, 2.05) is 24.3 Å². The Labute approximate surface area is 178 Å². The third-order valence-corrected chi connectivity index (χ3v) is 4.91. The van der Waals surface area contributed by atoms with Crippen molar-refractivity contribution >= 4 is 17.5 Å². The lowest BCUT2D eigenvalue weighted by molar-refractivity contribution is 0.0967. The number of hydrogen-bond donors (Lipinski definition) is 2. The second-order valence-corrected chi connectivity index (χ2v) is 7.39. The maximum Gasteiger partial charge on any atom is 0.316 e. The van der Waals surface area contributed by atoms with Crippen molar-refractivity contribution in [3.63, 3.8) is 0 Å². The molecule has 1 aromatic heterocycles.